The van der Waals surface area contributed by atoms with Crippen LogP contribution in [0.4, 0.5) is 0 Å². The first-order chi connectivity index (χ1) is 12.6. The number of aromatic nitrogens is 1. The number of thiazole rings is 1. The van der Waals surface area contributed by atoms with Crippen molar-refractivity contribution in [1.29, 1.82) is 0 Å². The number of hydrogen-bond donors (Lipinski definition) is 3. The number of carbonyl (C=O) groups is 1. The Hall–Kier alpha value is -2.19. The molecule has 0 bridgehead atoms. The fourth-order valence-corrected chi connectivity index (χ4v) is 3.63. The van der Waals surface area contributed by atoms with E-state index in [1.165, 1.54) is 12.8 Å². The number of ether oxygens (including phenoxy) is 1. The number of hydrazine groups is 1. The van der Waals surface area contributed by atoms with E-state index in [0.29, 0.717) is 29.1 Å². The van der Waals surface area contributed by atoms with Gasteiger partial charge < -0.3 is 10.1 Å². The second-order valence-corrected chi connectivity index (χ2v) is 7.68. The maximum absolute atomic E-state index is 12.2. The van der Waals surface area contributed by atoms with Gasteiger partial charge in [-0.05, 0) is 56.2 Å². The first kappa shape index (κ1) is 18.6. The van der Waals surface area contributed by atoms with Crippen molar-refractivity contribution in [3.63, 3.8) is 0 Å². The molecular formula is C18H22N4O2S2. The minimum Gasteiger partial charge on any atom is -0.487 e. The average molecular weight is 391 g/mol. The Balaban J connectivity index is 1.43. The summed E-state index contributed by atoms with van der Waals surface area (Å²) < 4.78 is 5.68. The van der Waals surface area contributed by atoms with Gasteiger partial charge in [-0.3, -0.25) is 15.6 Å². The second-order valence-electron chi connectivity index (χ2n) is 6.20. The highest BCUT2D eigenvalue weighted by atomic mass is 32.1. The molecule has 1 aliphatic carbocycles. The molecule has 1 aromatic heterocycles. The molecule has 1 aliphatic rings. The smallest absolute Gasteiger partial charge is 0.269 e. The topological polar surface area (TPSA) is 75.3 Å². The Labute approximate surface area is 162 Å². The van der Waals surface area contributed by atoms with Gasteiger partial charge >= 0.3 is 0 Å². The van der Waals surface area contributed by atoms with Gasteiger partial charge in [0, 0.05) is 17.0 Å². The lowest BCUT2D eigenvalue weighted by Crippen LogP contribution is -2.49. The third kappa shape index (κ3) is 5.40. The van der Waals surface area contributed by atoms with Crippen molar-refractivity contribution in [2.75, 3.05) is 0 Å². The van der Waals surface area contributed by atoms with Gasteiger partial charge in [-0.15, -0.1) is 11.3 Å². The number of hydrogen-bond acceptors (Lipinski definition) is 5. The largest absolute Gasteiger partial charge is 0.487 e. The lowest BCUT2D eigenvalue weighted by Gasteiger charge is -2.16. The standard InChI is InChI=1S/C18H22N4O2S2/c1-12-19-15(11-26-12)10-24-16-8-6-13(7-9-16)17(23)21-22-18(25)20-14-4-2-3-5-14/h6-9,11,14H,2-5,10H2,1H3,(H,21,23)(H2,20,22,25). The lowest BCUT2D eigenvalue weighted by atomic mass is 10.2. The number of thiocarbonyl (C=S) groups is 1. The Kier molecular flexibility index (Phi) is 6.40. The van der Waals surface area contributed by atoms with E-state index in [9.17, 15) is 4.79 Å². The molecule has 1 fully saturated rings. The maximum atomic E-state index is 12.2. The fourth-order valence-electron chi connectivity index (χ4n) is 2.81. The SMILES string of the molecule is Cc1nc(COc2ccc(C(=O)NNC(=S)NC3CCCC3)cc2)cs1. The molecule has 0 unspecified atom stereocenters. The van der Waals surface area contributed by atoms with Gasteiger partial charge in [-0.1, -0.05) is 12.8 Å². The zero-order valence-electron chi connectivity index (χ0n) is 14.6. The Morgan fingerprint density at radius 2 is 2.00 bits per heavy atom. The number of nitrogens with zero attached hydrogens (tertiary/aromatic N) is 1. The number of aryl methyl sites for hydroxylation is 1. The van der Waals surface area contributed by atoms with Crippen LogP contribution in [-0.4, -0.2) is 22.0 Å². The molecule has 26 heavy (non-hydrogen) atoms. The van der Waals surface area contributed by atoms with Crippen molar-refractivity contribution in [2.24, 2.45) is 0 Å². The van der Waals surface area contributed by atoms with Crippen molar-refractivity contribution < 1.29 is 9.53 Å². The zero-order valence-corrected chi connectivity index (χ0v) is 16.2. The molecule has 0 radical (unpaired) electrons. The highest BCUT2D eigenvalue weighted by Gasteiger charge is 2.15. The number of amides is 1. The zero-order chi connectivity index (χ0) is 18.4. The second kappa shape index (κ2) is 8.95. The summed E-state index contributed by atoms with van der Waals surface area (Å²) in [5.74, 6) is 0.445. The van der Waals surface area contributed by atoms with E-state index in [0.717, 1.165) is 23.5 Å². The Morgan fingerprint density at radius 1 is 1.27 bits per heavy atom. The predicted molar refractivity (Wildman–Crippen MR) is 106 cm³/mol. The fraction of sp³-hybridized carbons (Fsp3) is 0.389. The van der Waals surface area contributed by atoms with Crippen LogP contribution < -0.4 is 20.9 Å². The van der Waals surface area contributed by atoms with Crippen LogP contribution in [0.25, 0.3) is 0 Å². The summed E-state index contributed by atoms with van der Waals surface area (Å²) >= 11 is 6.80. The summed E-state index contributed by atoms with van der Waals surface area (Å²) in [5, 5.41) is 6.65. The number of carbonyl (C=O) groups excluding carboxylic acids is 1. The predicted octanol–water partition coefficient (Wildman–Crippen LogP) is 3.08. The van der Waals surface area contributed by atoms with Crippen LogP contribution in [0.1, 0.15) is 46.7 Å². The van der Waals surface area contributed by atoms with E-state index in [1.54, 1.807) is 35.6 Å². The summed E-state index contributed by atoms with van der Waals surface area (Å²) in [4.78, 5) is 16.5. The van der Waals surface area contributed by atoms with Crippen LogP contribution >= 0.6 is 23.6 Å². The van der Waals surface area contributed by atoms with Crippen LogP contribution in [0, 0.1) is 6.92 Å². The lowest BCUT2D eigenvalue weighted by molar-refractivity contribution is 0.0943. The molecule has 0 spiro atoms. The molecule has 2 aromatic rings. The summed E-state index contributed by atoms with van der Waals surface area (Å²) in [6.07, 6.45) is 4.70. The van der Waals surface area contributed by atoms with Crippen molar-refractivity contribution in [3.8, 4) is 5.75 Å². The molecule has 0 atom stereocenters. The van der Waals surface area contributed by atoms with E-state index in [4.69, 9.17) is 17.0 Å². The molecule has 1 saturated carbocycles. The molecular weight excluding hydrogens is 368 g/mol. The molecule has 0 aliphatic heterocycles. The Bertz CT molecular complexity index is 755. The van der Waals surface area contributed by atoms with Crippen LogP contribution in [-0.2, 0) is 6.61 Å². The molecule has 3 N–H and O–H groups in total. The van der Waals surface area contributed by atoms with Gasteiger partial charge in [-0.25, -0.2) is 4.98 Å². The van der Waals surface area contributed by atoms with Crippen molar-refractivity contribution in [1.82, 2.24) is 21.2 Å². The van der Waals surface area contributed by atoms with E-state index < -0.39 is 0 Å². The van der Waals surface area contributed by atoms with Crippen molar-refractivity contribution in [3.05, 3.63) is 45.9 Å². The molecule has 6 nitrogen and oxygen atoms in total. The molecule has 1 aromatic carbocycles. The van der Waals surface area contributed by atoms with Gasteiger partial charge in [0.05, 0.1) is 10.7 Å². The molecule has 1 amide bonds. The summed E-state index contributed by atoms with van der Waals surface area (Å²) in [6, 6.07) is 7.37. The quantitative estimate of drug-likeness (QED) is 0.538. The normalized spacial score (nSPS) is 14.0. The summed E-state index contributed by atoms with van der Waals surface area (Å²) in [5.41, 5.74) is 6.79. The van der Waals surface area contributed by atoms with E-state index in [2.05, 4.69) is 21.2 Å². The van der Waals surface area contributed by atoms with Crippen molar-refractivity contribution in [2.45, 2.75) is 45.3 Å². The van der Waals surface area contributed by atoms with Gasteiger partial charge in [0.15, 0.2) is 5.11 Å². The van der Waals surface area contributed by atoms with Crippen LogP contribution in [0.2, 0.25) is 0 Å². The van der Waals surface area contributed by atoms with Crippen LogP contribution in [0.3, 0.4) is 0 Å². The first-order valence-corrected chi connectivity index (χ1v) is 9.89. The van der Waals surface area contributed by atoms with Crippen LogP contribution in [0.5, 0.6) is 5.75 Å². The molecule has 3 rings (SSSR count). The number of rotatable bonds is 5. The number of nitrogens with one attached hydrogen (secondary N) is 3. The minimum atomic E-state index is -0.248. The summed E-state index contributed by atoms with van der Waals surface area (Å²) in [6.45, 7) is 2.38. The average Bonchev–Trinajstić information content (AvgIpc) is 3.30. The maximum Gasteiger partial charge on any atom is 0.269 e. The third-order valence-corrected chi connectivity index (χ3v) is 5.19. The molecule has 0 saturated heterocycles. The van der Waals surface area contributed by atoms with Gasteiger partial charge in [0.1, 0.15) is 12.4 Å². The third-order valence-electron chi connectivity index (χ3n) is 4.15. The number of benzene rings is 1. The minimum absolute atomic E-state index is 0.248. The molecule has 138 valence electrons. The highest BCUT2D eigenvalue weighted by molar-refractivity contribution is 7.80. The summed E-state index contributed by atoms with van der Waals surface area (Å²) in [7, 11) is 0. The molecule has 1 heterocycles. The molecule has 8 heteroatoms. The van der Waals surface area contributed by atoms with E-state index in [1.807, 2.05) is 12.3 Å². The van der Waals surface area contributed by atoms with Gasteiger partial charge in [-0.2, -0.15) is 0 Å². The van der Waals surface area contributed by atoms with Crippen LogP contribution in [0.15, 0.2) is 29.6 Å². The van der Waals surface area contributed by atoms with Crippen molar-refractivity contribution >= 4 is 34.6 Å². The van der Waals surface area contributed by atoms with Gasteiger partial charge in [0.25, 0.3) is 5.91 Å². The Morgan fingerprint density at radius 3 is 2.65 bits per heavy atom. The highest BCUT2D eigenvalue weighted by Crippen LogP contribution is 2.17. The van der Waals surface area contributed by atoms with E-state index >= 15 is 0 Å². The first-order valence-electron chi connectivity index (χ1n) is 8.61. The monoisotopic (exact) mass is 390 g/mol. The van der Waals surface area contributed by atoms with Gasteiger partial charge in [0.2, 0.25) is 0 Å². The van der Waals surface area contributed by atoms with E-state index in [-0.39, 0.29) is 5.91 Å².